The van der Waals surface area contributed by atoms with Crippen molar-refractivity contribution in [2.24, 2.45) is 0 Å². The van der Waals surface area contributed by atoms with E-state index in [2.05, 4.69) is 10.2 Å². The molecule has 0 aliphatic heterocycles. The minimum Gasteiger partial charge on any atom is -0.468 e. The molecule has 0 aliphatic rings. The Morgan fingerprint density at radius 3 is 2.63 bits per heavy atom. The second-order valence-electron chi connectivity index (χ2n) is 4.66. The van der Waals surface area contributed by atoms with Gasteiger partial charge in [0.25, 0.3) is 0 Å². The zero-order chi connectivity index (χ0) is 14.6. The van der Waals surface area contributed by atoms with Crippen molar-refractivity contribution in [2.75, 3.05) is 14.2 Å². The molecule has 0 unspecified atom stereocenters. The summed E-state index contributed by atoms with van der Waals surface area (Å²) in [5.41, 5.74) is 2.12. The number of esters is 1. The van der Waals surface area contributed by atoms with Gasteiger partial charge in [0.05, 0.1) is 7.11 Å². The fourth-order valence-corrected chi connectivity index (χ4v) is 1.47. The molecule has 0 saturated carbocycles. The first-order chi connectivity index (χ1) is 8.80. The minimum atomic E-state index is -0.918. The number of hydrogen-bond donors (Lipinski definition) is 1. The van der Waals surface area contributed by atoms with Gasteiger partial charge in [-0.15, -0.1) is 0 Å². The predicted octanol–water partition coefficient (Wildman–Crippen LogP) is 1.85. The molecule has 0 aliphatic carbocycles. The Morgan fingerprint density at radius 1 is 1.42 bits per heavy atom. The number of carbonyl (C=O) groups excluding carboxylic acids is 1. The standard InChI is InChI=1S/C13H18F2N2O2/c1-13(2,12(18)19-4)17(3)16-8-9-6-5-7-10(14)11(9)15/h5-7,16H,8H2,1-4H3. The number of likely N-dealkylation sites (N-methyl/N-ethyl adjacent to an activating group) is 1. The molecule has 0 fully saturated rings. The van der Waals surface area contributed by atoms with Crippen LogP contribution in [0.25, 0.3) is 0 Å². The van der Waals surface area contributed by atoms with E-state index < -0.39 is 23.1 Å². The van der Waals surface area contributed by atoms with Crippen molar-refractivity contribution in [3.05, 3.63) is 35.4 Å². The molecule has 0 spiro atoms. The third-order valence-electron chi connectivity index (χ3n) is 3.06. The van der Waals surface area contributed by atoms with Gasteiger partial charge in [-0.2, -0.15) is 0 Å². The Balaban J connectivity index is 2.71. The molecule has 0 radical (unpaired) electrons. The van der Waals surface area contributed by atoms with Gasteiger partial charge in [-0.3, -0.25) is 4.79 Å². The summed E-state index contributed by atoms with van der Waals surface area (Å²) in [6.45, 7) is 3.39. The Bertz CT molecular complexity index is 464. The second-order valence-corrected chi connectivity index (χ2v) is 4.66. The normalized spacial score (nSPS) is 11.7. The van der Waals surface area contributed by atoms with E-state index in [9.17, 15) is 13.6 Å². The number of ether oxygens (including phenoxy) is 1. The lowest BCUT2D eigenvalue weighted by atomic mass is 10.1. The first-order valence-corrected chi connectivity index (χ1v) is 5.79. The second kappa shape index (κ2) is 6.08. The van der Waals surface area contributed by atoms with Crippen LogP contribution in [-0.2, 0) is 16.1 Å². The molecule has 1 rings (SSSR count). The zero-order valence-corrected chi connectivity index (χ0v) is 11.5. The molecule has 106 valence electrons. The van der Waals surface area contributed by atoms with Gasteiger partial charge in [0.1, 0.15) is 5.54 Å². The van der Waals surface area contributed by atoms with E-state index in [1.807, 2.05) is 0 Å². The highest BCUT2D eigenvalue weighted by Crippen LogP contribution is 2.14. The molecule has 0 aromatic heterocycles. The van der Waals surface area contributed by atoms with E-state index in [4.69, 9.17) is 0 Å². The highest BCUT2D eigenvalue weighted by atomic mass is 19.2. The molecule has 1 aromatic carbocycles. The van der Waals surface area contributed by atoms with Crippen LogP contribution in [0.15, 0.2) is 18.2 Å². The van der Waals surface area contributed by atoms with Crippen molar-refractivity contribution in [1.82, 2.24) is 10.4 Å². The van der Waals surface area contributed by atoms with E-state index in [1.165, 1.54) is 24.3 Å². The number of carbonyl (C=O) groups is 1. The smallest absolute Gasteiger partial charge is 0.327 e. The summed E-state index contributed by atoms with van der Waals surface area (Å²) in [5, 5.41) is 1.50. The van der Waals surface area contributed by atoms with Crippen LogP contribution in [0.4, 0.5) is 8.78 Å². The van der Waals surface area contributed by atoms with E-state index in [0.717, 1.165) is 6.07 Å². The summed E-state index contributed by atoms with van der Waals surface area (Å²) in [6.07, 6.45) is 0. The summed E-state index contributed by atoms with van der Waals surface area (Å²) in [7, 11) is 2.93. The van der Waals surface area contributed by atoms with E-state index in [-0.39, 0.29) is 12.1 Å². The van der Waals surface area contributed by atoms with Crippen LogP contribution in [0, 0.1) is 11.6 Å². The molecule has 1 aromatic rings. The topological polar surface area (TPSA) is 41.6 Å². The van der Waals surface area contributed by atoms with Crippen LogP contribution in [0.1, 0.15) is 19.4 Å². The molecule has 0 heterocycles. The van der Waals surface area contributed by atoms with Gasteiger partial charge in [-0.1, -0.05) is 12.1 Å². The van der Waals surface area contributed by atoms with Crippen LogP contribution < -0.4 is 5.43 Å². The highest BCUT2D eigenvalue weighted by molar-refractivity contribution is 5.79. The maximum atomic E-state index is 13.4. The largest absolute Gasteiger partial charge is 0.468 e. The van der Waals surface area contributed by atoms with E-state index in [0.29, 0.717) is 0 Å². The number of nitrogens with zero attached hydrogens (tertiary/aromatic N) is 1. The number of methoxy groups -OCH3 is 1. The Morgan fingerprint density at radius 2 is 2.05 bits per heavy atom. The van der Waals surface area contributed by atoms with Gasteiger partial charge in [-0.05, 0) is 19.9 Å². The number of hydrazine groups is 1. The quantitative estimate of drug-likeness (QED) is 0.656. The fraction of sp³-hybridized carbons (Fsp3) is 0.462. The number of nitrogens with one attached hydrogen (secondary N) is 1. The molecule has 6 heteroatoms. The molecule has 19 heavy (non-hydrogen) atoms. The van der Waals surface area contributed by atoms with Crippen molar-refractivity contribution in [2.45, 2.75) is 25.9 Å². The molecule has 0 atom stereocenters. The average Bonchev–Trinajstić information content (AvgIpc) is 2.38. The SMILES string of the molecule is COC(=O)C(C)(C)N(C)NCc1cccc(F)c1F. The van der Waals surface area contributed by atoms with E-state index in [1.54, 1.807) is 20.9 Å². The molecule has 1 N–H and O–H groups in total. The third-order valence-corrected chi connectivity index (χ3v) is 3.06. The maximum Gasteiger partial charge on any atom is 0.327 e. The van der Waals surface area contributed by atoms with Crippen LogP contribution in [0.2, 0.25) is 0 Å². The number of rotatable bonds is 5. The summed E-state index contributed by atoms with van der Waals surface area (Å²) >= 11 is 0. The van der Waals surface area contributed by atoms with Gasteiger partial charge < -0.3 is 4.74 Å². The van der Waals surface area contributed by atoms with Crippen molar-refractivity contribution < 1.29 is 18.3 Å². The van der Waals surface area contributed by atoms with Gasteiger partial charge >= 0.3 is 5.97 Å². The fourth-order valence-electron chi connectivity index (χ4n) is 1.47. The van der Waals surface area contributed by atoms with Crippen LogP contribution in [-0.4, -0.2) is 30.7 Å². The van der Waals surface area contributed by atoms with Crippen molar-refractivity contribution >= 4 is 5.97 Å². The number of halogens is 2. The zero-order valence-electron chi connectivity index (χ0n) is 11.5. The lowest BCUT2D eigenvalue weighted by Gasteiger charge is -2.33. The van der Waals surface area contributed by atoms with Gasteiger partial charge in [-0.25, -0.2) is 19.2 Å². The predicted molar refractivity (Wildman–Crippen MR) is 67.1 cm³/mol. The molecular formula is C13H18F2N2O2. The Hall–Kier alpha value is -1.53. The first-order valence-electron chi connectivity index (χ1n) is 5.79. The van der Waals surface area contributed by atoms with Crippen molar-refractivity contribution in [3.63, 3.8) is 0 Å². The number of benzene rings is 1. The molecule has 0 saturated heterocycles. The van der Waals surface area contributed by atoms with Crippen molar-refractivity contribution in [1.29, 1.82) is 0 Å². The maximum absolute atomic E-state index is 13.4. The number of hydrogen-bond acceptors (Lipinski definition) is 4. The minimum absolute atomic E-state index is 0.0700. The Kier molecular flexibility index (Phi) is 4.97. The summed E-state index contributed by atoms with van der Waals surface area (Å²) in [4.78, 5) is 11.6. The molecular weight excluding hydrogens is 254 g/mol. The summed E-state index contributed by atoms with van der Waals surface area (Å²) in [6, 6.07) is 3.96. The first kappa shape index (κ1) is 15.5. The van der Waals surface area contributed by atoms with Crippen LogP contribution >= 0.6 is 0 Å². The van der Waals surface area contributed by atoms with Gasteiger partial charge in [0.15, 0.2) is 11.6 Å². The Labute approximate surface area is 111 Å². The van der Waals surface area contributed by atoms with Gasteiger partial charge in [0, 0.05) is 19.2 Å². The summed E-state index contributed by atoms with van der Waals surface area (Å²) < 4.78 is 31.2. The highest BCUT2D eigenvalue weighted by Gasteiger charge is 2.33. The molecule has 4 nitrogen and oxygen atoms in total. The van der Waals surface area contributed by atoms with Crippen LogP contribution in [0.3, 0.4) is 0 Å². The average molecular weight is 272 g/mol. The van der Waals surface area contributed by atoms with Crippen LogP contribution in [0.5, 0.6) is 0 Å². The lowest BCUT2D eigenvalue weighted by molar-refractivity contribution is -0.154. The monoisotopic (exact) mass is 272 g/mol. The summed E-state index contributed by atoms with van der Waals surface area (Å²) in [5.74, 6) is -2.21. The van der Waals surface area contributed by atoms with E-state index >= 15 is 0 Å². The lowest BCUT2D eigenvalue weighted by Crippen LogP contribution is -2.54. The van der Waals surface area contributed by atoms with Crippen molar-refractivity contribution in [3.8, 4) is 0 Å². The third kappa shape index (κ3) is 3.48. The molecule has 0 bridgehead atoms. The van der Waals surface area contributed by atoms with Gasteiger partial charge in [0.2, 0.25) is 0 Å². The molecule has 0 amide bonds.